The minimum atomic E-state index is 0.716. The normalized spacial score (nSPS) is 11.2. The molecule has 2 aromatic rings. The number of nitrogens with zero attached hydrogens (tertiary/aromatic N) is 2. The Morgan fingerprint density at radius 3 is 2.94 bits per heavy atom. The highest BCUT2D eigenvalue weighted by molar-refractivity contribution is 7.17. The molecule has 1 N–H and O–H groups in total. The molecule has 0 aromatic carbocycles. The number of fused-ring (bicyclic) bond motifs is 1. The molecule has 0 amide bonds. The molecule has 0 saturated heterocycles. The van der Waals surface area contributed by atoms with Crippen LogP contribution in [0.25, 0.3) is 10.2 Å². The number of rotatable bonds is 4. The van der Waals surface area contributed by atoms with E-state index in [0.29, 0.717) is 5.92 Å². The van der Waals surface area contributed by atoms with Crippen molar-refractivity contribution in [3.63, 3.8) is 0 Å². The summed E-state index contributed by atoms with van der Waals surface area (Å²) in [6.07, 6.45) is 2.80. The highest BCUT2D eigenvalue weighted by Crippen LogP contribution is 2.28. The van der Waals surface area contributed by atoms with Crippen LogP contribution in [-0.2, 0) is 0 Å². The standard InChI is InChI=1S/C12H17N3S/c1-8(2)4-5-13-11-10-9(3)6-16-12(10)15-7-14-11/h6-8H,4-5H2,1-3H3,(H,13,14,15). The van der Waals surface area contributed by atoms with Crippen LogP contribution in [0.1, 0.15) is 25.8 Å². The van der Waals surface area contributed by atoms with Gasteiger partial charge in [0.15, 0.2) is 0 Å². The number of aromatic nitrogens is 2. The maximum atomic E-state index is 4.32. The fourth-order valence-corrected chi connectivity index (χ4v) is 2.52. The Balaban J connectivity index is 2.20. The van der Waals surface area contributed by atoms with E-state index in [1.165, 1.54) is 10.9 Å². The number of anilines is 1. The molecule has 0 spiro atoms. The van der Waals surface area contributed by atoms with Crippen LogP contribution in [0.2, 0.25) is 0 Å². The van der Waals surface area contributed by atoms with Gasteiger partial charge in [-0.1, -0.05) is 13.8 Å². The van der Waals surface area contributed by atoms with Crippen molar-refractivity contribution >= 4 is 27.4 Å². The van der Waals surface area contributed by atoms with Gasteiger partial charge in [-0.05, 0) is 30.2 Å². The average Bonchev–Trinajstić information content (AvgIpc) is 2.61. The number of nitrogens with one attached hydrogen (secondary N) is 1. The van der Waals surface area contributed by atoms with Gasteiger partial charge in [0.2, 0.25) is 0 Å². The summed E-state index contributed by atoms with van der Waals surface area (Å²) < 4.78 is 0. The lowest BCUT2D eigenvalue weighted by atomic mass is 10.1. The number of hydrogen-bond acceptors (Lipinski definition) is 4. The second kappa shape index (κ2) is 4.78. The first kappa shape index (κ1) is 11.3. The molecule has 3 nitrogen and oxygen atoms in total. The van der Waals surface area contributed by atoms with Gasteiger partial charge < -0.3 is 5.32 Å². The van der Waals surface area contributed by atoms with E-state index in [-0.39, 0.29) is 0 Å². The van der Waals surface area contributed by atoms with E-state index in [4.69, 9.17) is 0 Å². The Morgan fingerprint density at radius 1 is 1.38 bits per heavy atom. The Labute approximate surface area is 99.9 Å². The van der Waals surface area contributed by atoms with Crippen molar-refractivity contribution in [3.05, 3.63) is 17.3 Å². The largest absolute Gasteiger partial charge is 0.369 e. The van der Waals surface area contributed by atoms with Crippen LogP contribution in [0, 0.1) is 12.8 Å². The fraction of sp³-hybridized carbons (Fsp3) is 0.500. The number of aryl methyl sites for hydroxylation is 1. The van der Waals surface area contributed by atoms with Crippen LogP contribution in [0.5, 0.6) is 0 Å². The predicted octanol–water partition coefficient (Wildman–Crippen LogP) is 3.46. The van der Waals surface area contributed by atoms with Crippen LogP contribution in [-0.4, -0.2) is 16.5 Å². The SMILES string of the molecule is Cc1csc2ncnc(NCCC(C)C)c12. The zero-order valence-corrected chi connectivity index (χ0v) is 10.8. The summed E-state index contributed by atoms with van der Waals surface area (Å²) in [5.74, 6) is 1.69. The maximum Gasteiger partial charge on any atom is 0.138 e. The Bertz CT molecular complexity index is 476. The lowest BCUT2D eigenvalue weighted by Crippen LogP contribution is -2.06. The first-order chi connectivity index (χ1) is 7.68. The van der Waals surface area contributed by atoms with E-state index in [1.54, 1.807) is 17.7 Å². The van der Waals surface area contributed by atoms with E-state index < -0.39 is 0 Å². The Kier molecular flexibility index (Phi) is 3.39. The smallest absolute Gasteiger partial charge is 0.138 e. The molecule has 0 fully saturated rings. The molecule has 0 unspecified atom stereocenters. The van der Waals surface area contributed by atoms with Crippen LogP contribution < -0.4 is 5.32 Å². The van der Waals surface area contributed by atoms with E-state index >= 15 is 0 Å². The minimum absolute atomic E-state index is 0.716. The molecule has 16 heavy (non-hydrogen) atoms. The van der Waals surface area contributed by atoms with E-state index in [1.807, 2.05) is 0 Å². The third-order valence-corrected chi connectivity index (χ3v) is 3.57. The summed E-state index contributed by atoms with van der Waals surface area (Å²) in [4.78, 5) is 9.66. The van der Waals surface area contributed by atoms with Gasteiger partial charge in [0.25, 0.3) is 0 Å². The summed E-state index contributed by atoms with van der Waals surface area (Å²) in [6.45, 7) is 7.54. The summed E-state index contributed by atoms with van der Waals surface area (Å²) >= 11 is 1.68. The summed E-state index contributed by atoms with van der Waals surface area (Å²) in [6, 6.07) is 0. The Morgan fingerprint density at radius 2 is 2.19 bits per heavy atom. The second-order valence-corrected chi connectivity index (χ2v) is 5.29. The average molecular weight is 235 g/mol. The first-order valence-corrected chi connectivity index (χ1v) is 6.49. The molecule has 2 rings (SSSR count). The topological polar surface area (TPSA) is 37.8 Å². The van der Waals surface area contributed by atoms with Crippen molar-refractivity contribution in [2.75, 3.05) is 11.9 Å². The molecule has 4 heteroatoms. The molecule has 0 aliphatic heterocycles. The summed E-state index contributed by atoms with van der Waals surface area (Å²) in [5, 5.41) is 6.71. The van der Waals surface area contributed by atoms with Crippen molar-refractivity contribution in [1.29, 1.82) is 0 Å². The fourth-order valence-electron chi connectivity index (χ4n) is 1.63. The maximum absolute atomic E-state index is 4.32. The third kappa shape index (κ3) is 2.32. The molecule has 0 atom stereocenters. The van der Waals surface area contributed by atoms with Gasteiger partial charge in [0.05, 0.1) is 5.39 Å². The summed E-state index contributed by atoms with van der Waals surface area (Å²) in [7, 11) is 0. The minimum Gasteiger partial charge on any atom is -0.369 e. The van der Waals surface area contributed by atoms with E-state index in [0.717, 1.165) is 23.6 Å². The van der Waals surface area contributed by atoms with Gasteiger partial charge in [-0.3, -0.25) is 0 Å². The van der Waals surface area contributed by atoms with Gasteiger partial charge >= 0.3 is 0 Å². The lowest BCUT2D eigenvalue weighted by molar-refractivity contribution is 0.607. The van der Waals surface area contributed by atoms with Gasteiger partial charge in [0.1, 0.15) is 17.0 Å². The molecular formula is C12H17N3S. The quantitative estimate of drug-likeness (QED) is 0.882. The van der Waals surface area contributed by atoms with Crippen molar-refractivity contribution in [2.24, 2.45) is 5.92 Å². The van der Waals surface area contributed by atoms with Crippen molar-refractivity contribution in [2.45, 2.75) is 27.2 Å². The van der Waals surface area contributed by atoms with Crippen LogP contribution in [0.4, 0.5) is 5.82 Å². The van der Waals surface area contributed by atoms with Gasteiger partial charge in [-0.15, -0.1) is 11.3 Å². The molecular weight excluding hydrogens is 218 g/mol. The van der Waals surface area contributed by atoms with Crippen molar-refractivity contribution in [3.8, 4) is 0 Å². The Hall–Kier alpha value is -1.16. The lowest BCUT2D eigenvalue weighted by Gasteiger charge is -2.08. The third-order valence-electron chi connectivity index (χ3n) is 2.57. The van der Waals surface area contributed by atoms with Crippen LogP contribution >= 0.6 is 11.3 Å². The summed E-state index contributed by atoms with van der Waals surface area (Å²) in [5.41, 5.74) is 1.26. The van der Waals surface area contributed by atoms with Gasteiger partial charge in [0, 0.05) is 6.54 Å². The number of hydrogen-bond donors (Lipinski definition) is 1. The molecule has 0 bridgehead atoms. The monoisotopic (exact) mass is 235 g/mol. The van der Waals surface area contributed by atoms with Crippen molar-refractivity contribution < 1.29 is 0 Å². The predicted molar refractivity (Wildman–Crippen MR) is 70.1 cm³/mol. The van der Waals surface area contributed by atoms with Crippen LogP contribution in [0.15, 0.2) is 11.7 Å². The highest BCUT2D eigenvalue weighted by atomic mass is 32.1. The second-order valence-electron chi connectivity index (χ2n) is 4.43. The molecule has 2 aromatic heterocycles. The molecule has 0 aliphatic carbocycles. The van der Waals surface area contributed by atoms with E-state index in [2.05, 4.69) is 41.4 Å². The van der Waals surface area contributed by atoms with Crippen LogP contribution in [0.3, 0.4) is 0 Å². The molecule has 0 aliphatic rings. The zero-order valence-electron chi connectivity index (χ0n) is 9.95. The zero-order chi connectivity index (χ0) is 11.5. The van der Waals surface area contributed by atoms with Gasteiger partial charge in [-0.2, -0.15) is 0 Å². The number of thiophene rings is 1. The first-order valence-electron chi connectivity index (χ1n) is 5.61. The molecule has 86 valence electrons. The molecule has 2 heterocycles. The van der Waals surface area contributed by atoms with E-state index in [9.17, 15) is 0 Å². The molecule has 0 saturated carbocycles. The highest BCUT2D eigenvalue weighted by Gasteiger charge is 2.07. The van der Waals surface area contributed by atoms with Crippen molar-refractivity contribution in [1.82, 2.24) is 9.97 Å². The molecule has 0 radical (unpaired) electrons. The van der Waals surface area contributed by atoms with Gasteiger partial charge in [-0.25, -0.2) is 9.97 Å².